The Balaban J connectivity index is 1.71. The van der Waals surface area contributed by atoms with Crippen LogP contribution in [0.2, 0.25) is 0 Å². The Morgan fingerprint density at radius 3 is 3.04 bits per heavy atom. The number of likely N-dealkylation sites (tertiary alicyclic amines) is 1. The van der Waals surface area contributed by atoms with E-state index in [9.17, 15) is 9.90 Å². The number of nitrogens with zero attached hydrogens (tertiary/aromatic N) is 3. The number of aryl methyl sites for hydroxylation is 1. The summed E-state index contributed by atoms with van der Waals surface area (Å²) in [6, 6.07) is 7.43. The predicted octanol–water partition coefficient (Wildman–Crippen LogP) is 2.54. The average Bonchev–Trinajstić information content (AvgIpc) is 3.24. The van der Waals surface area contributed by atoms with Crippen LogP contribution in [0, 0.1) is 6.92 Å². The molecule has 7 heteroatoms. The number of aliphatic hydroxyl groups is 1. The van der Waals surface area contributed by atoms with Gasteiger partial charge in [0, 0.05) is 28.4 Å². The highest BCUT2D eigenvalue weighted by Crippen LogP contribution is 2.35. The minimum atomic E-state index is -0.582. The van der Waals surface area contributed by atoms with Crippen molar-refractivity contribution in [2.75, 3.05) is 6.54 Å². The van der Waals surface area contributed by atoms with Gasteiger partial charge in [-0.25, -0.2) is 0 Å². The summed E-state index contributed by atoms with van der Waals surface area (Å²) in [5, 5.41) is 16.6. The molecule has 3 aromatic rings. The Bertz CT molecular complexity index is 872. The standard InChI is InChI=1S/C16H15N3O3S/c1-9-17-15(22-18-9)13-6-10(20)7-19(13)16(21)12-8-23-14-5-3-2-4-11(12)14/h2-5,8,10,13,20H,6-7H2,1H3/t10-,13+/m0/s1. The molecule has 0 bridgehead atoms. The first-order chi connectivity index (χ1) is 11.1. The molecule has 0 saturated carbocycles. The van der Waals surface area contributed by atoms with Gasteiger partial charge in [-0.1, -0.05) is 23.4 Å². The number of aliphatic hydroxyl groups excluding tert-OH is 1. The molecule has 1 aliphatic heterocycles. The summed E-state index contributed by atoms with van der Waals surface area (Å²) in [7, 11) is 0. The number of fused-ring (bicyclic) bond motifs is 1. The van der Waals surface area contributed by atoms with Crippen LogP contribution in [0.4, 0.5) is 0 Å². The number of carbonyl (C=O) groups is 1. The lowest BCUT2D eigenvalue weighted by Gasteiger charge is -2.21. The number of benzene rings is 1. The van der Waals surface area contributed by atoms with E-state index in [1.54, 1.807) is 23.2 Å². The SMILES string of the molecule is Cc1noc([C@H]2C[C@H](O)CN2C(=O)c2csc3ccccc23)n1. The third-order valence-corrected chi connectivity index (χ3v) is 5.04. The fourth-order valence-corrected chi connectivity index (χ4v) is 3.95. The number of aromatic nitrogens is 2. The van der Waals surface area contributed by atoms with Crippen molar-refractivity contribution in [3.05, 3.63) is 46.9 Å². The highest BCUT2D eigenvalue weighted by Gasteiger charge is 2.39. The maximum atomic E-state index is 13.0. The van der Waals surface area contributed by atoms with Crippen molar-refractivity contribution in [2.24, 2.45) is 0 Å². The van der Waals surface area contributed by atoms with Gasteiger partial charge in [0.2, 0.25) is 5.89 Å². The molecule has 6 nitrogen and oxygen atoms in total. The lowest BCUT2D eigenvalue weighted by Crippen LogP contribution is -2.31. The average molecular weight is 329 g/mol. The molecule has 1 saturated heterocycles. The number of amides is 1. The highest BCUT2D eigenvalue weighted by atomic mass is 32.1. The molecule has 3 heterocycles. The summed E-state index contributed by atoms with van der Waals surface area (Å²) in [5.74, 6) is 0.793. The molecule has 2 aromatic heterocycles. The smallest absolute Gasteiger partial charge is 0.256 e. The van der Waals surface area contributed by atoms with Crippen LogP contribution in [0.1, 0.15) is 34.5 Å². The zero-order valence-corrected chi connectivity index (χ0v) is 13.3. The molecule has 0 spiro atoms. The van der Waals surface area contributed by atoms with Gasteiger partial charge in [0.1, 0.15) is 6.04 Å². The monoisotopic (exact) mass is 329 g/mol. The largest absolute Gasteiger partial charge is 0.391 e. The summed E-state index contributed by atoms with van der Waals surface area (Å²) < 4.78 is 6.29. The Hall–Kier alpha value is -2.25. The number of hydrogen-bond donors (Lipinski definition) is 1. The van der Waals surface area contributed by atoms with Crippen LogP contribution in [-0.2, 0) is 0 Å². The molecule has 1 aliphatic rings. The van der Waals surface area contributed by atoms with Gasteiger partial charge in [-0.05, 0) is 13.0 Å². The first-order valence-electron chi connectivity index (χ1n) is 7.39. The molecule has 1 amide bonds. The van der Waals surface area contributed by atoms with E-state index in [1.165, 1.54) is 0 Å². The van der Waals surface area contributed by atoms with Gasteiger partial charge in [0.15, 0.2) is 5.82 Å². The van der Waals surface area contributed by atoms with Gasteiger partial charge in [0.05, 0.1) is 11.7 Å². The van der Waals surface area contributed by atoms with Crippen molar-refractivity contribution in [2.45, 2.75) is 25.5 Å². The second-order valence-corrected chi connectivity index (χ2v) is 6.60. The zero-order chi connectivity index (χ0) is 16.0. The molecule has 1 N–H and O–H groups in total. The van der Waals surface area contributed by atoms with Gasteiger partial charge in [-0.15, -0.1) is 11.3 Å². The molecule has 4 rings (SSSR count). The Labute approximate surface area is 136 Å². The van der Waals surface area contributed by atoms with Crippen LogP contribution >= 0.6 is 11.3 Å². The normalized spacial score (nSPS) is 21.2. The molecule has 0 unspecified atom stereocenters. The van der Waals surface area contributed by atoms with Crippen molar-refractivity contribution < 1.29 is 14.4 Å². The van der Waals surface area contributed by atoms with Crippen LogP contribution in [0.5, 0.6) is 0 Å². The van der Waals surface area contributed by atoms with Gasteiger partial charge in [0.25, 0.3) is 5.91 Å². The van der Waals surface area contributed by atoms with Crippen LogP contribution < -0.4 is 0 Å². The van der Waals surface area contributed by atoms with Crippen molar-refractivity contribution in [3.63, 3.8) is 0 Å². The fraction of sp³-hybridized carbons (Fsp3) is 0.312. The zero-order valence-electron chi connectivity index (χ0n) is 12.5. The molecule has 0 radical (unpaired) electrons. The number of hydrogen-bond acceptors (Lipinski definition) is 6. The Kier molecular flexibility index (Phi) is 3.39. The van der Waals surface area contributed by atoms with Crippen molar-refractivity contribution in [1.82, 2.24) is 15.0 Å². The number of rotatable bonds is 2. The van der Waals surface area contributed by atoms with E-state index in [2.05, 4.69) is 10.1 Å². The van der Waals surface area contributed by atoms with Crippen molar-refractivity contribution in [3.8, 4) is 0 Å². The second kappa shape index (κ2) is 5.43. The highest BCUT2D eigenvalue weighted by molar-refractivity contribution is 7.17. The van der Waals surface area contributed by atoms with Crippen LogP contribution in [-0.4, -0.2) is 38.7 Å². The van der Waals surface area contributed by atoms with Crippen LogP contribution in [0.3, 0.4) is 0 Å². The van der Waals surface area contributed by atoms with E-state index in [0.29, 0.717) is 23.7 Å². The maximum absolute atomic E-state index is 13.0. The summed E-state index contributed by atoms with van der Waals surface area (Å²) >= 11 is 1.54. The fourth-order valence-electron chi connectivity index (χ4n) is 3.02. The summed E-state index contributed by atoms with van der Waals surface area (Å²) in [4.78, 5) is 18.8. The van der Waals surface area contributed by atoms with E-state index in [4.69, 9.17) is 4.52 Å². The van der Waals surface area contributed by atoms with E-state index >= 15 is 0 Å². The molecular formula is C16H15N3O3S. The number of carbonyl (C=O) groups excluding carboxylic acids is 1. The molecular weight excluding hydrogens is 314 g/mol. The van der Waals surface area contributed by atoms with Gasteiger partial charge < -0.3 is 14.5 Å². The number of thiophene rings is 1. The summed E-state index contributed by atoms with van der Waals surface area (Å²) in [6.07, 6.45) is -0.170. The van der Waals surface area contributed by atoms with Crippen molar-refractivity contribution in [1.29, 1.82) is 0 Å². The minimum absolute atomic E-state index is 0.111. The number of β-amino-alcohol motifs (C(OH)–C–C–N with tert-alkyl or cyclic N) is 1. The lowest BCUT2D eigenvalue weighted by molar-refractivity contribution is 0.0696. The Morgan fingerprint density at radius 1 is 1.43 bits per heavy atom. The van der Waals surface area contributed by atoms with Crippen LogP contribution in [0.15, 0.2) is 34.2 Å². The molecule has 2 atom stereocenters. The maximum Gasteiger partial charge on any atom is 0.256 e. The lowest BCUT2D eigenvalue weighted by atomic mass is 10.1. The minimum Gasteiger partial charge on any atom is -0.391 e. The predicted molar refractivity (Wildman–Crippen MR) is 85.3 cm³/mol. The van der Waals surface area contributed by atoms with Crippen molar-refractivity contribution >= 4 is 27.3 Å². The Morgan fingerprint density at radius 2 is 2.26 bits per heavy atom. The summed E-state index contributed by atoms with van der Waals surface area (Å²) in [5.41, 5.74) is 0.654. The first-order valence-corrected chi connectivity index (χ1v) is 8.27. The van der Waals surface area contributed by atoms with Crippen LogP contribution in [0.25, 0.3) is 10.1 Å². The molecule has 0 aliphatic carbocycles. The molecule has 23 heavy (non-hydrogen) atoms. The van der Waals surface area contributed by atoms with E-state index < -0.39 is 6.10 Å². The van der Waals surface area contributed by atoms with E-state index in [0.717, 1.165) is 10.1 Å². The third kappa shape index (κ3) is 2.42. The molecule has 1 fully saturated rings. The van der Waals surface area contributed by atoms with Gasteiger partial charge in [-0.3, -0.25) is 4.79 Å². The van der Waals surface area contributed by atoms with E-state index in [1.807, 2.05) is 29.6 Å². The quantitative estimate of drug-likeness (QED) is 0.781. The molecule has 1 aromatic carbocycles. The first kappa shape index (κ1) is 14.3. The molecule has 118 valence electrons. The van der Waals surface area contributed by atoms with Gasteiger partial charge >= 0.3 is 0 Å². The van der Waals surface area contributed by atoms with Gasteiger partial charge in [-0.2, -0.15) is 4.98 Å². The topological polar surface area (TPSA) is 79.5 Å². The third-order valence-electron chi connectivity index (χ3n) is 4.08. The van der Waals surface area contributed by atoms with E-state index in [-0.39, 0.29) is 18.5 Å². The summed E-state index contributed by atoms with van der Waals surface area (Å²) in [6.45, 7) is 2.01. The second-order valence-electron chi connectivity index (χ2n) is 5.69.